The molecule has 0 atom stereocenters. The molecule has 0 unspecified atom stereocenters. The third-order valence-corrected chi connectivity index (χ3v) is 2.78. The molecule has 0 aliphatic heterocycles. The molecule has 3 rings (SSSR count). The van der Waals surface area contributed by atoms with Gasteiger partial charge in [-0.2, -0.15) is 0 Å². The van der Waals surface area contributed by atoms with Gasteiger partial charge >= 0.3 is 5.56 Å². The van der Waals surface area contributed by atoms with Crippen molar-refractivity contribution in [2.45, 2.75) is 13.5 Å². The number of nitrogens with one attached hydrogen (secondary N) is 2. The van der Waals surface area contributed by atoms with Crippen molar-refractivity contribution in [1.82, 2.24) is 14.9 Å². The van der Waals surface area contributed by atoms with Crippen molar-refractivity contribution in [3.8, 4) is 0 Å². The Bertz CT molecular complexity index is 761. The molecule has 0 fully saturated rings. The first-order chi connectivity index (χ1) is 9.24. The van der Waals surface area contributed by atoms with Gasteiger partial charge in [0.2, 0.25) is 11.3 Å². The largest absolute Gasteiger partial charge is 0.389 e. The smallest absolute Gasteiger partial charge is 0.353 e. The minimum absolute atomic E-state index is 0.294. The first-order valence-corrected chi connectivity index (χ1v) is 5.91. The Hall–Kier alpha value is -2.63. The van der Waals surface area contributed by atoms with E-state index in [0.29, 0.717) is 17.6 Å². The van der Waals surface area contributed by atoms with Gasteiger partial charge in [-0.15, -0.1) is 5.10 Å². The fraction of sp³-hybridized carbons (Fsp3) is 0.154. The van der Waals surface area contributed by atoms with Crippen molar-refractivity contribution in [3.63, 3.8) is 0 Å². The number of aromatic amines is 2. The molecule has 3 aromatic rings. The predicted molar refractivity (Wildman–Crippen MR) is 68.4 cm³/mol. The van der Waals surface area contributed by atoms with Crippen molar-refractivity contribution in [2.75, 3.05) is 0 Å². The van der Waals surface area contributed by atoms with E-state index in [1.807, 2.05) is 37.3 Å². The van der Waals surface area contributed by atoms with E-state index in [2.05, 4.69) is 15.1 Å². The van der Waals surface area contributed by atoms with E-state index >= 15 is 0 Å². The molecule has 0 saturated heterocycles. The highest BCUT2D eigenvalue weighted by molar-refractivity contribution is 5.68. The van der Waals surface area contributed by atoms with Crippen molar-refractivity contribution >= 4 is 11.0 Å². The number of aromatic nitrogens is 4. The molecule has 0 bridgehead atoms. The molecule has 2 aromatic heterocycles. The number of benzene rings is 1. The predicted octanol–water partition coefficient (Wildman–Crippen LogP) is 0.476. The van der Waals surface area contributed by atoms with Crippen LogP contribution in [0.4, 0.5) is 0 Å². The van der Waals surface area contributed by atoms with E-state index in [4.69, 9.17) is 4.84 Å². The molecule has 0 radical (unpaired) electrons. The van der Waals surface area contributed by atoms with Crippen LogP contribution in [0.15, 0.2) is 41.3 Å². The lowest BCUT2D eigenvalue weighted by molar-refractivity contribution is -0.356. The summed E-state index contributed by atoms with van der Waals surface area (Å²) >= 11 is 0. The highest BCUT2D eigenvalue weighted by atomic mass is 16.7. The third kappa shape index (κ3) is 2.20. The van der Waals surface area contributed by atoms with E-state index < -0.39 is 0 Å². The standard InChI is InChI=1S/C13H12N4O2/c1-9-15-11-7-14-17(13(18)12(11)16-9)19-8-10-5-3-2-4-6-10/h2-7H,8H2,1H3,(H,15,16)/p+1. The van der Waals surface area contributed by atoms with E-state index in [1.54, 1.807) is 6.20 Å². The monoisotopic (exact) mass is 257 g/mol. The number of imidazole rings is 1. The summed E-state index contributed by atoms with van der Waals surface area (Å²) in [7, 11) is 0. The Morgan fingerprint density at radius 2 is 2.16 bits per heavy atom. The Morgan fingerprint density at radius 1 is 1.37 bits per heavy atom. The first kappa shape index (κ1) is 11.5. The SMILES string of the molecule is Cc1[nH]c2cnn(OCc3ccccc3)c(=O)c2[nH+]1. The van der Waals surface area contributed by atoms with E-state index in [1.165, 1.54) is 0 Å². The molecule has 0 saturated carbocycles. The topological polar surface area (TPSA) is 74.1 Å². The second kappa shape index (κ2) is 4.56. The van der Waals surface area contributed by atoms with E-state index in [-0.39, 0.29) is 5.56 Å². The van der Waals surface area contributed by atoms with Crippen LogP contribution in [0.3, 0.4) is 0 Å². The summed E-state index contributed by atoms with van der Waals surface area (Å²) < 4.78 is 0. The normalized spacial score (nSPS) is 10.8. The Balaban J connectivity index is 1.89. The number of nitrogens with zero attached hydrogens (tertiary/aromatic N) is 2. The number of H-pyrrole nitrogens is 2. The van der Waals surface area contributed by atoms with Crippen LogP contribution in [0.25, 0.3) is 11.0 Å². The molecular weight excluding hydrogens is 244 g/mol. The minimum atomic E-state index is -0.308. The summed E-state index contributed by atoms with van der Waals surface area (Å²) in [5.74, 6) is 0.801. The molecule has 2 heterocycles. The Labute approximate surface area is 108 Å². The Morgan fingerprint density at radius 3 is 2.95 bits per heavy atom. The second-order valence-electron chi connectivity index (χ2n) is 4.25. The van der Waals surface area contributed by atoms with Gasteiger partial charge in [0.25, 0.3) is 0 Å². The van der Waals surface area contributed by atoms with Gasteiger partial charge in [0, 0.05) is 6.92 Å². The van der Waals surface area contributed by atoms with Crippen LogP contribution in [0.1, 0.15) is 11.4 Å². The molecule has 19 heavy (non-hydrogen) atoms. The quantitative estimate of drug-likeness (QED) is 0.741. The average molecular weight is 257 g/mol. The average Bonchev–Trinajstić information content (AvgIpc) is 2.81. The maximum absolute atomic E-state index is 12.1. The number of rotatable bonds is 3. The Kier molecular flexibility index (Phi) is 2.75. The molecule has 6 nitrogen and oxygen atoms in total. The summed E-state index contributed by atoms with van der Waals surface area (Å²) in [5.41, 5.74) is 1.80. The molecule has 0 amide bonds. The highest BCUT2D eigenvalue weighted by Crippen LogP contribution is 2.00. The van der Waals surface area contributed by atoms with E-state index in [9.17, 15) is 4.79 Å². The number of fused-ring (bicyclic) bond motifs is 1. The highest BCUT2D eigenvalue weighted by Gasteiger charge is 2.13. The molecule has 1 aromatic carbocycles. The van der Waals surface area contributed by atoms with Crippen molar-refractivity contribution < 1.29 is 9.82 Å². The third-order valence-electron chi connectivity index (χ3n) is 2.78. The van der Waals surface area contributed by atoms with Crippen molar-refractivity contribution in [2.24, 2.45) is 0 Å². The van der Waals surface area contributed by atoms with Gasteiger partial charge in [-0.25, -0.2) is 9.97 Å². The first-order valence-electron chi connectivity index (χ1n) is 5.91. The summed E-state index contributed by atoms with van der Waals surface area (Å²) in [6, 6.07) is 9.62. The lowest BCUT2D eigenvalue weighted by atomic mass is 10.2. The van der Waals surface area contributed by atoms with Crippen LogP contribution >= 0.6 is 0 Å². The van der Waals surface area contributed by atoms with Gasteiger partial charge in [0.15, 0.2) is 5.52 Å². The number of hydrogen-bond donors (Lipinski definition) is 1. The van der Waals surface area contributed by atoms with Gasteiger partial charge in [-0.05, 0) is 5.56 Å². The zero-order valence-corrected chi connectivity index (χ0v) is 10.4. The van der Waals surface area contributed by atoms with Gasteiger partial charge in [0.1, 0.15) is 12.8 Å². The zero-order chi connectivity index (χ0) is 13.2. The lowest BCUT2D eigenvalue weighted by Gasteiger charge is -2.05. The second-order valence-corrected chi connectivity index (χ2v) is 4.25. The molecule has 0 aliphatic rings. The molecule has 0 spiro atoms. The molecule has 0 aliphatic carbocycles. The summed E-state index contributed by atoms with van der Waals surface area (Å²) in [6.45, 7) is 2.14. The van der Waals surface area contributed by atoms with Gasteiger partial charge in [-0.3, -0.25) is 4.79 Å². The van der Waals surface area contributed by atoms with Gasteiger partial charge in [0.05, 0.1) is 0 Å². The van der Waals surface area contributed by atoms with Crippen LogP contribution in [-0.4, -0.2) is 14.9 Å². The lowest BCUT2D eigenvalue weighted by Crippen LogP contribution is -2.31. The maximum Gasteiger partial charge on any atom is 0.353 e. The number of hydrogen-bond acceptors (Lipinski definition) is 3. The minimum Gasteiger partial charge on any atom is -0.389 e. The van der Waals surface area contributed by atoms with Crippen LogP contribution in [0, 0.1) is 6.92 Å². The summed E-state index contributed by atoms with van der Waals surface area (Å²) in [4.78, 5) is 24.5. The van der Waals surface area contributed by atoms with Crippen LogP contribution < -0.4 is 15.4 Å². The van der Waals surface area contributed by atoms with E-state index in [0.717, 1.165) is 16.2 Å². The fourth-order valence-electron chi connectivity index (χ4n) is 1.88. The molecule has 2 N–H and O–H groups in total. The van der Waals surface area contributed by atoms with Gasteiger partial charge < -0.3 is 4.84 Å². The summed E-state index contributed by atoms with van der Waals surface area (Å²) in [5, 5.41) is 3.97. The maximum atomic E-state index is 12.1. The van der Waals surface area contributed by atoms with Crippen LogP contribution in [0.5, 0.6) is 0 Å². The molecule has 96 valence electrons. The summed E-state index contributed by atoms with van der Waals surface area (Å²) in [6.07, 6.45) is 1.56. The fourth-order valence-corrected chi connectivity index (χ4v) is 1.88. The van der Waals surface area contributed by atoms with Crippen molar-refractivity contribution in [1.29, 1.82) is 0 Å². The van der Waals surface area contributed by atoms with Crippen LogP contribution in [0.2, 0.25) is 0 Å². The molecule has 6 heteroatoms. The van der Waals surface area contributed by atoms with Crippen molar-refractivity contribution in [3.05, 3.63) is 58.3 Å². The van der Waals surface area contributed by atoms with Gasteiger partial charge in [-0.1, -0.05) is 35.2 Å². The zero-order valence-electron chi connectivity index (χ0n) is 10.4. The van der Waals surface area contributed by atoms with Crippen LogP contribution in [-0.2, 0) is 6.61 Å². The number of aryl methyl sites for hydroxylation is 1. The molecular formula is C13H13N4O2+.